The summed E-state index contributed by atoms with van der Waals surface area (Å²) in [4.78, 5) is 4.21. The van der Waals surface area contributed by atoms with Crippen molar-refractivity contribution >= 4 is 16.5 Å². The Labute approximate surface area is 145 Å². The van der Waals surface area contributed by atoms with Gasteiger partial charge in [-0.3, -0.25) is 0 Å². The van der Waals surface area contributed by atoms with Crippen LogP contribution in [0.1, 0.15) is 5.56 Å². The van der Waals surface area contributed by atoms with Gasteiger partial charge in [0.25, 0.3) is 0 Å². The van der Waals surface area contributed by atoms with Gasteiger partial charge in [0.05, 0.1) is 12.2 Å². The van der Waals surface area contributed by atoms with Crippen LogP contribution in [0.5, 0.6) is 11.5 Å². The summed E-state index contributed by atoms with van der Waals surface area (Å²) in [5.41, 5.74) is 1.56. The van der Waals surface area contributed by atoms with E-state index in [-0.39, 0.29) is 12.4 Å². The lowest BCUT2D eigenvalue weighted by Crippen LogP contribution is -1.92. The highest BCUT2D eigenvalue weighted by molar-refractivity contribution is 7.13. The van der Waals surface area contributed by atoms with Gasteiger partial charge in [-0.1, -0.05) is 6.07 Å². The Morgan fingerprint density at radius 1 is 1.08 bits per heavy atom. The SMILES string of the molecule is Fc1ccc(-c2csc(N=NCc3ccc4c(c3)OCO4)n2)c(F)c1. The van der Waals surface area contributed by atoms with E-state index in [9.17, 15) is 8.78 Å². The molecule has 0 radical (unpaired) electrons. The van der Waals surface area contributed by atoms with Gasteiger partial charge in [0.2, 0.25) is 11.9 Å². The molecule has 0 fully saturated rings. The Balaban J connectivity index is 1.46. The fraction of sp³-hybridized carbons (Fsp3) is 0.118. The molecule has 8 heteroatoms. The molecule has 2 aromatic carbocycles. The topological polar surface area (TPSA) is 56.1 Å². The van der Waals surface area contributed by atoms with Gasteiger partial charge in [0.1, 0.15) is 11.6 Å². The summed E-state index contributed by atoms with van der Waals surface area (Å²) in [6.07, 6.45) is 0. The summed E-state index contributed by atoms with van der Waals surface area (Å²) in [6.45, 7) is 0.582. The van der Waals surface area contributed by atoms with Gasteiger partial charge >= 0.3 is 0 Å². The van der Waals surface area contributed by atoms with Crippen LogP contribution >= 0.6 is 11.3 Å². The summed E-state index contributed by atoms with van der Waals surface area (Å²) < 4.78 is 37.3. The number of hydrogen-bond acceptors (Lipinski definition) is 6. The fourth-order valence-corrected chi connectivity index (χ4v) is 3.00. The van der Waals surface area contributed by atoms with Crippen LogP contribution in [0, 0.1) is 11.6 Å². The van der Waals surface area contributed by atoms with E-state index in [2.05, 4.69) is 15.2 Å². The second-order valence-electron chi connectivity index (χ2n) is 5.23. The number of halogens is 2. The maximum Gasteiger partial charge on any atom is 0.231 e. The van der Waals surface area contributed by atoms with Crippen molar-refractivity contribution in [2.24, 2.45) is 10.2 Å². The largest absolute Gasteiger partial charge is 0.454 e. The van der Waals surface area contributed by atoms with Gasteiger partial charge in [-0.15, -0.1) is 16.5 Å². The second-order valence-corrected chi connectivity index (χ2v) is 6.06. The molecule has 4 rings (SSSR count). The molecule has 0 unspecified atom stereocenters. The van der Waals surface area contributed by atoms with Gasteiger partial charge in [-0.25, -0.2) is 13.8 Å². The van der Waals surface area contributed by atoms with Crippen LogP contribution < -0.4 is 9.47 Å². The van der Waals surface area contributed by atoms with E-state index in [4.69, 9.17) is 9.47 Å². The average molecular weight is 359 g/mol. The first-order valence-corrected chi connectivity index (χ1v) is 8.24. The van der Waals surface area contributed by atoms with Crippen LogP contribution in [0.2, 0.25) is 0 Å². The number of nitrogens with zero attached hydrogens (tertiary/aromatic N) is 3. The number of fused-ring (bicyclic) bond motifs is 1. The zero-order chi connectivity index (χ0) is 17.2. The molecule has 2 heterocycles. The summed E-state index contributed by atoms with van der Waals surface area (Å²) in [7, 11) is 0. The Bertz CT molecular complexity index is 959. The van der Waals surface area contributed by atoms with E-state index in [1.807, 2.05) is 18.2 Å². The number of ether oxygens (including phenoxy) is 2. The fourth-order valence-electron chi connectivity index (χ4n) is 2.35. The molecule has 1 aliphatic heterocycles. The molecule has 0 aliphatic carbocycles. The minimum Gasteiger partial charge on any atom is -0.454 e. The highest BCUT2D eigenvalue weighted by Gasteiger charge is 2.13. The maximum atomic E-state index is 13.8. The molecule has 3 aromatic rings. The summed E-state index contributed by atoms with van der Waals surface area (Å²) >= 11 is 1.24. The van der Waals surface area contributed by atoms with Crippen LogP contribution in [0.15, 0.2) is 52.0 Å². The predicted octanol–water partition coefficient (Wildman–Crippen LogP) is 5.10. The average Bonchev–Trinajstić information content (AvgIpc) is 3.23. The van der Waals surface area contributed by atoms with Gasteiger partial charge in [-0.05, 0) is 29.8 Å². The molecule has 0 saturated heterocycles. The van der Waals surface area contributed by atoms with Gasteiger partial charge in [-0.2, -0.15) is 5.11 Å². The molecule has 0 N–H and O–H groups in total. The van der Waals surface area contributed by atoms with E-state index in [1.54, 1.807) is 5.38 Å². The number of azo groups is 1. The van der Waals surface area contributed by atoms with Crippen molar-refractivity contribution in [2.45, 2.75) is 6.54 Å². The summed E-state index contributed by atoms with van der Waals surface area (Å²) in [6, 6.07) is 8.93. The highest BCUT2D eigenvalue weighted by Crippen LogP contribution is 2.33. The summed E-state index contributed by atoms with van der Waals surface area (Å²) in [5, 5.41) is 10.2. The van der Waals surface area contributed by atoms with Crippen molar-refractivity contribution in [2.75, 3.05) is 6.79 Å². The third-order valence-corrected chi connectivity index (χ3v) is 4.27. The van der Waals surface area contributed by atoms with E-state index in [1.165, 1.54) is 23.5 Å². The van der Waals surface area contributed by atoms with Gasteiger partial charge < -0.3 is 9.47 Å². The molecule has 0 spiro atoms. The van der Waals surface area contributed by atoms with Crippen LogP contribution in [0.3, 0.4) is 0 Å². The van der Waals surface area contributed by atoms with E-state index in [0.717, 1.165) is 11.6 Å². The second kappa shape index (κ2) is 6.56. The monoisotopic (exact) mass is 359 g/mol. The molecule has 5 nitrogen and oxygen atoms in total. The number of hydrogen-bond donors (Lipinski definition) is 0. The highest BCUT2D eigenvalue weighted by atomic mass is 32.1. The van der Waals surface area contributed by atoms with Crippen molar-refractivity contribution in [3.8, 4) is 22.8 Å². The van der Waals surface area contributed by atoms with Crippen LogP contribution in [-0.2, 0) is 6.54 Å². The zero-order valence-corrected chi connectivity index (χ0v) is 13.6. The van der Waals surface area contributed by atoms with Crippen molar-refractivity contribution in [1.29, 1.82) is 0 Å². The number of thiazole rings is 1. The Kier molecular flexibility index (Phi) is 4.10. The molecule has 126 valence electrons. The Morgan fingerprint density at radius 3 is 2.84 bits per heavy atom. The van der Waals surface area contributed by atoms with E-state index in [0.29, 0.717) is 28.9 Å². The van der Waals surface area contributed by atoms with Crippen LogP contribution in [0.4, 0.5) is 13.9 Å². The molecular weight excluding hydrogens is 348 g/mol. The Morgan fingerprint density at radius 2 is 1.96 bits per heavy atom. The van der Waals surface area contributed by atoms with E-state index < -0.39 is 11.6 Å². The normalized spacial score (nSPS) is 12.9. The number of rotatable bonds is 4. The minimum absolute atomic E-state index is 0.224. The molecule has 25 heavy (non-hydrogen) atoms. The molecule has 0 atom stereocenters. The van der Waals surface area contributed by atoms with Crippen LogP contribution in [0.25, 0.3) is 11.3 Å². The summed E-state index contributed by atoms with van der Waals surface area (Å²) in [5.74, 6) is 0.122. The van der Waals surface area contributed by atoms with Crippen molar-refractivity contribution in [1.82, 2.24) is 4.98 Å². The first-order chi connectivity index (χ1) is 12.2. The maximum absolute atomic E-state index is 13.8. The lowest BCUT2D eigenvalue weighted by molar-refractivity contribution is 0.174. The predicted molar refractivity (Wildman–Crippen MR) is 88.3 cm³/mol. The van der Waals surface area contributed by atoms with Crippen molar-refractivity contribution in [3.05, 3.63) is 59.0 Å². The molecule has 0 bridgehead atoms. The molecule has 0 saturated carbocycles. The van der Waals surface area contributed by atoms with Crippen molar-refractivity contribution in [3.63, 3.8) is 0 Å². The third kappa shape index (κ3) is 3.34. The molecule has 0 amide bonds. The Hall–Kier alpha value is -2.87. The standard InChI is InChI=1S/C17H11F2N3O2S/c18-11-2-3-12(13(19)6-11)14-8-25-17(21-14)22-20-7-10-1-4-15-16(5-10)24-9-23-15/h1-6,8H,7,9H2. The quantitative estimate of drug-likeness (QED) is 0.609. The van der Waals surface area contributed by atoms with Gasteiger partial charge in [0.15, 0.2) is 11.5 Å². The molecule has 1 aromatic heterocycles. The van der Waals surface area contributed by atoms with E-state index >= 15 is 0 Å². The van der Waals surface area contributed by atoms with Gasteiger partial charge in [0, 0.05) is 17.0 Å². The zero-order valence-electron chi connectivity index (χ0n) is 12.8. The third-order valence-electron chi connectivity index (χ3n) is 3.55. The smallest absolute Gasteiger partial charge is 0.231 e. The number of benzene rings is 2. The van der Waals surface area contributed by atoms with Crippen molar-refractivity contribution < 1.29 is 18.3 Å². The lowest BCUT2D eigenvalue weighted by Gasteiger charge is -1.99. The first kappa shape index (κ1) is 15.6. The first-order valence-electron chi connectivity index (χ1n) is 7.36. The van der Waals surface area contributed by atoms with Crippen LogP contribution in [-0.4, -0.2) is 11.8 Å². The molecule has 1 aliphatic rings. The number of aromatic nitrogens is 1. The lowest BCUT2D eigenvalue weighted by atomic mass is 10.1. The molecular formula is C17H11F2N3O2S. The minimum atomic E-state index is -0.658.